The molecule has 4 nitrogen and oxygen atoms in total. The maximum atomic E-state index is 6.13. The molecule has 1 aromatic heterocycles. The fourth-order valence-corrected chi connectivity index (χ4v) is 2.84. The largest absolute Gasteiger partial charge is 0.490 e. The van der Waals surface area contributed by atoms with E-state index in [0.29, 0.717) is 19.8 Å². The summed E-state index contributed by atoms with van der Waals surface area (Å²) in [5.74, 6) is 1.53. The van der Waals surface area contributed by atoms with Crippen LogP contribution in [-0.2, 0) is 19.7 Å². The van der Waals surface area contributed by atoms with E-state index >= 15 is 0 Å². The van der Waals surface area contributed by atoms with Gasteiger partial charge in [0.2, 0.25) is 0 Å². The minimum atomic E-state index is 0. The third-order valence-electron chi connectivity index (χ3n) is 4.05. The number of para-hydroxylation sites is 1. The number of hydrogen-bond donors (Lipinski definition) is 1. The molecule has 0 unspecified atom stereocenters. The van der Waals surface area contributed by atoms with Crippen LogP contribution < -0.4 is 14.8 Å². The van der Waals surface area contributed by atoms with Gasteiger partial charge in [0.15, 0.2) is 11.5 Å². The first-order valence-corrected chi connectivity index (χ1v) is 9.35. The molecule has 148 valence electrons. The van der Waals surface area contributed by atoms with E-state index in [0.717, 1.165) is 34.2 Å². The number of nitrogens with one attached hydrogen (secondary N) is 1. The normalized spacial score (nSPS) is 10.2. The summed E-state index contributed by atoms with van der Waals surface area (Å²) in [5.41, 5.74) is 3.31. The van der Waals surface area contributed by atoms with Crippen molar-refractivity contribution in [2.45, 2.75) is 26.6 Å². The Kier molecular flexibility index (Phi) is 9.08. The zero-order chi connectivity index (χ0) is 18.9. The zero-order valence-electron chi connectivity index (χ0n) is 15.7. The highest BCUT2D eigenvalue weighted by molar-refractivity contribution is 6.30. The van der Waals surface area contributed by atoms with E-state index in [1.807, 2.05) is 55.5 Å². The molecule has 0 atom stereocenters. The molecule has 3 aromatic rings. The second-order valence-corrected chi connectivity index (χ2v) is 6.49. The Morgan fingerprint density at radius 3 is 2.36 bits per heavy atom. The van der Waals surface area contributed by atoms with Crippen LogP contribution in [0, 0.1) is 0 Å². The van der Waals surface area contributed by atoms with Gasteiger partial charge in [-0.2, -0.15) is 0 Å². The summed E-state index contributed by atoms with van der Waals surface area (Å²) in [4.78, 5) is 4.04. The molecule has 0 aliphatic heterocycles. The number of aromatic nitrogens is 1. The van der Waals surface area contributed by atoms with Crippen LogP contribution in [0.1, 0.15) is 23.6 Å². The number of nitrogens with zero attached hydrogens (tertiary/aromatic N) is 1. The van der Waals surface area contributed by atoms with Crippen molar-refractivity contribution in [1.29, 1.82) is 0 Å². The van der Waals surface area contributed by atoms with E-state index in [-0.39, 0.29) is 12.4 Å². The van der Waals surface area contributed by atoms with Crippen molar-refractivity contribution in [3.63, 3.8) is 0 Å². The van der Waals surface area contributed by atoms with E-state index in [4.69, 9.17) is 21.1 Å². The standard InChI is InChI=1S/C22H23ClN2O2.ClH/c1-2-26-21-5-3-4-19(15-25-14-17-10-12-24-13-11-17)22(21)27-16-18-6-8-20(23)9-7-18;/h3-13,25H,2,14-16H2,1H3;1H. The lowest BCUT2D eigenvalue weighted by Gasteiger charge is -2.16. The number of rotatable bonds is 9. The first-order valence-electron chi connectivity index (χ1n) is 8.98. The summed E-state index contributed by atoms with van der Waals surface area (Å²) in [7, 11) is 0. The molecule has 0 radical (unpaired) electrons. The smallest absolute Gasteiger partial charge is 0.166 e. The van der Waals surface area contributed by atoms with Crippen molar-refractivity contribution in [3.05, 3.63) is 88.7 Å². The molecule has 0 spiro atoms. The number of hydrogen-bond acceptors (Lipinski definition) is 4. The fraction of sp³-hybridized carbons (Fsp3) is 0.227. The van der Waals surface area contributed by atoms with Gasteiger partial charge in [0.05, 0.1) is 6.61 Å². The monoisotopic (exact) mass is 418 g/mol. The number of pyridine rings is 1. The molecule has 0 saturated carbocycles. The lowest BCUT2D eigenvalue weighted by molar-refractivity contribution is 0.266. The minimum Gasteiger partial charge on any atom is -0.490 e. The molecule has 2 aromatic carbocycles. The zero-order valence-corrected chi connectivity index (χ0v) is 17.3. The van der Waals surface area contributed by atoms with Gasteiger partial charge >= 0.3 is 0 Å². The summed E-state index contributed by atoms with van der Waals surface area (Å²) in [6.07, 6.45) is 3.60. The van der Waals surface area contributed by atoms with E-state index in [1.165, 1.54) is 5.56 Å². The molecule has 1 N–H and O–H groups in total. The second kappa shape index (κ2) is 11.5. The van der Waals surface area contributed by atoms with E-state index in [2.05, 4.69) is 16.4 Å². The Morgan fingerprint density at radius 2 is 1.64 bits per heavy atom. The fourth-order valence-electron chi connectivity index (χ4n) is 2.71. The van der Waals surface area contributed by atoms with Crippen LogP contribution in [-0.4, -0.2) is 11.6 Å². The summed E-state index contributed by atoms with van der Waals surface area (Å²) in [5, 5.41) is 4.17. The predicted octanol–water partition coefficient (Wildman–Crippen LogP) is 5.42. The second-order valence-electron chi connectivity index (χ2n) is 6.05. The maximum absolute atomic E-state index is 6.13. The first kappa shape index (κ1) is 22.0. The predicted molar refractivity (Wildman–Crippen MR) is 115 cm³/mol. The lowest BCUT2D eigenvalue weighted by Crippen LogP contribution is -2.14. The Balaban J connectivity index is 0.00000280. The maximum Gasteiger partial charge on any atom is 0.166 e. The van der Waals surface area contributed by atoms with Crippen molar-refractivity contribution in [1.82, 2.24) is 10.3 Å². The van der Waals surface area contributed by atoms with E-state index in [9.17, 15) is 0 Å². The van der Waals surface area contributed by atoms with Crippen molar-refractivity contribution >= 4 is 24.0 Å². The molecular formula is C22H24Cl2N2O2. The summed E-state index contributed by atoms with van der Waals surface area (Å²) >= 11 is 5.96. The number of benzene rings is 2. The molecule has 0 bridgehead atoms. The third-order valence-corrected chi connectivity index (χ3v) is 4.30. The van der Waals surface area contributed by atoms with Gasteiger partial charge in [-0.15, -0.1) is 12.4 Å². The van der Waals surface area contributed by atoms with Gasteiger partial charge in [-0.3, -0.25) is 4.98 Å². The highest BCUT2D eigenvalue weighted by Gasteiger charge is 2.11. The molecule has 1 heterocycles. The third kappa shape index (κ3) is 6.41. The molecule has 0 fully saturated rings. The van der Waals surface area contributed by atoms with Gasteiger partial charge < -0.3 is 14.8 Å². The topological polar surface area (TPSA) is 43.4 Å². The van der Waals surface area contributed by atoms with E-state index < -0.39 is 0 Å². The highest BCUT2D eigenvalue weighted by atomic mass is 35.5. The van der Waals surface area contributed by atoms with Crippen LogP contribution in [0.5, 0.6) is 11.5 Å². The Bertz CT molecular complexity index is 843. The molecular weight excluding hydrogens is 395 g/mol. The van der Waals surface area contributed by atoms with Crippen LogP contribution in [0.15, 0.2) is 67.0 Å². The van der Waals surface area contributed by atoms with Gasteiger partial charge in [-0.25, -0.2) is 0 Å². The van der Waals surface area contributed by atoms with Crippen molar-refractivity contribution in [2.75, 3.05) is 6.61 Å². The van der Waals surface area contributed by atoms with Gasteiger partial charge in [0.25, 0.3) is 0 Å². The average molecular weight is 419 g/mol. The molecule has 28 heavy (non-hydrogen) atoms. The molecule has 0 amide bonds. The minimum absolute atomic E-state index is 0. The van der Waals surface area contributed by atoms with Crippen LogP contribution in [0.4, 0.5) is 0 Å². The summed E-state index contributed by atoms with van der Waals surface area (Å²) < 4.78 is 11.9. The molecule has 3 rings (SSSR count). The SMILES string of the molecule is CCOc1cccc(CNCc2ccncc2)c1OCc1ccc(Cl)cc1.Cl. The number of halogens is 2. The van der Waals surface area contributed by atoms with Crippen LogP contribution in [0.2, 0.25) is 5.02 Å². The molecule has 0 aliphatic carbocycles. The van der Waals surface area contributed by atoms with Gasteiger partial charge in [0.1, 0.15) is 6.61 Å². The Labute approximate surface area is 177 Å². The van der Waals surface area contributed by atoms with Gasteiger partial charge in [-0.1, -0.05) is 35.9 Å². The van der Waals surface area contributed by atoms with Crippen LogP contribution in [0.3, 0.4) is 0 Å². The van der Waals surface area contributed by atoms with Crippen molar-refractivity contribution < 1.29 is 9.47 Å². The Hall–Kier alpha value is -2.27. The average Bonchev–Trinajstić information content (AvgIpc) is 2.70. The van der Waals surface area contributed by atoms with Gasteiger partial charge in [0, 0.05) is 36.1 Å². The summed E-state index contributed by atoms with van der Waals surface area (Å²) in [6, 6.07) is 17.6. The molecule has 0 saturated heterocycles. The summed E-state index contributed by atoms with van der Waals surface area (Å²) in [6.45, 7) is 4.46. The molecule has 0 aliphatic rings. The van der Waals surface area contributed by atoms with Crippen LogP contribution >= 0.6 is 24.0 Å². The van der Waals surface area contributed by atoms with Gasteiger partial charge in [-0.05, 0) is 48.4 Å². The lowest BCUT2D eigenvalue weighted by atomic mass is 10.1. The molecule has 6 heteroatoms. The first-order chi connectivity index (χ1) is 13.3. The van der Waals surface area contributed by atoms with Crippen molar-refractivity contribution in [2.24, 2.45) is 0 Å². The quantitative estimate of drug-likeness (QED) is 0.503. The van der Waals surface area contributed by atoms with Crippen molar-refractivity contribution in [3.8, 4) is 11.5 Å². The highest BCUT2D eigenvalue weighted by Crippen LogP contribution is 2.32. The van der Waals surface area contributed by atoms with Crippen LogP contribution in [0.25, 0.3) is 0 Å². The number of ether oxygens (including phenoxy) is 2. The Morgan fingerprint density at radius 1 is 0.893 bits per heavy atom. The van der Waals surface area contributed by atoms with E-state index in [1.54, 1.807) is 12.4 Å².